The summed E-state index contributed by atoms with van der Waals surface area (Å²) in [7, 11) is 0. The quantitative estimate of drug-likeness (QED) is 0.588. The smallest absolute Gasteiger partial charge is 0.0462 e. The van der Waals surface area contributed by atoms with Gasteiger partial charge >= 0.3 is 0 Å². The number of rotatable bonds is 5. The molecule has 0 fully saturated rings. The van der Waals surface area contributed by atoms with Gasteiger partial charge < -0.3 is 10.2 Å². The summed E-state index contributed by atoms with van der Waals surface area (Å²) >= 11 is 0. The highest BCUT2D eigenvalue weighted by molar-refractivity contribution is 5.77. The van der Waals surface area contributed by atoms with Crippen molar-refractivity contribution in [3.8, 4) is 0 Å². The molecule has 27 heavy (non-hydrogen) atoms. The number of allylic oxidation sites excluding steroid dienone is 3. The first-order valence-electron chi connectivity index (χ1n) is 9.19. The van der Waals surface area contributed by atoms with Crippen LogP contribution in [0.5, 0.6) is 0 Å². The average molecular weight is 350 g/mol. The number of nitrogens with one attached hydrogen (secondary N) is 1. The van der Waals surface area contributed by atoms with E-state index in [2.05, 4.69) is 107 Å². The zero-order chi connectivity index (χ0) is 18.3. The first-order chi connectivity index (χ1) is 13.4. The van der Waals surface area contributed by atoms with E-state index in [1.165, 1.54) is 11.1 Å². The summed E-state index contributed by atoms with van der Waals surface area (Å²) in [6.07, 6.45) is 10.6. The van der Waals surface area contributed by atoms with E-state index in [1.54, 1.807) is 0 Å². The lowest BCUT2D eigenvalue weighted by molar-refractivity contribution is 0.964. The normalized spacial score (nSPS) is 13.3. The fourth-order valence-corrected chi connectivity index (χ4v) is 3.12. The van der Waals surface area contributed by atoms with Gasteiger partial charge in [-0.05, 0) is 59.8 Å². The second kappa shape index (κ2) is 8.24. The van der Waals surface area contributed by atoms with Gasteiger partial charge in [0.15, 0.2) is 0 Å². The van der Waals surface area contributed by atoms with Gasteiger partial charge in [0.25, 0.3) is 0 Å². The molecule has 1 N–H and O–H groups in total. The maximum absolute atomic E-state index is 3.17. The first-order valence-corrected chi connectivity index (χ1v) is 9.19. The maximum Gasteiger partial charge on any atom is 0.0462 e. The molecule has 0 aromatic heterocycles. The van der Waals surface area contributed by atoms with Crippen molar-refractivity contribution in [2.45, 2.75) is 0 Å². The molecule has 3 aromatic rings. The number of benzene rings is 3. The van der Waals surface area contributed by atoms with Gasteiger partial charge in [-0.25, -0.2) is 0 Å². The monoisotopic (exact) mass is 350 g/mol. The molecular formula is C25H22N2. The number of dihydropyridines is 1. The predicted molar refractivity (Wildman–Crippen MR) is 115 cm³/mol. The molecule has 0 spiro atoms. The summed E-state index contributed by atoms with van der Waals surface area (Å²) in [5, 5.41) is 3.17. The third kappa shape index (κ3) is 4.18. The zero-order valence-electron chi connectivity index (χ0n) is 15.1. The molecule has 132 valence electrons. The van der Waals surface area contributed by atoms with Crippen LogP contribution in [-0.2, 0) is 0 Å². The maximum atomic E-state index is 3.17. The Labute approximate surface area is 160 Å². The molecule has 0 amide bonds. The van der Waals surface area contributed by atoms with Crippen LogP contribution in [0.15, 0.2) is 115 Å². The van der Waals surface area contributed by atoms with Crippen molar-refractivity contribution in [2.24, 2.45) is 0 Å². The van der Waals surface area contributed by atoms with Gasteiger partial charge in [-0.15, -0.1) is 0 Å². The van der Waals surface area contributed by atoms with Gasteiger partial charge in [-0.2, -0.15) is 0 Å². The molecule has 0 atom stereocenters. The van der Waals surface area contributed by atoms with Crippen molar-refractivity contribution < 1.29 is 0 Å². The minimum atomic E-state index is 0.887. The van der Waals surface area contributed by atoms with E-state index >= 15 is 0 Å². The lowest BCUT2D eigenvalue weighted by Crippen LogP contribution is -2.09. The van der Waals surface area contributed by atoms with Crippen molar-refractivity contribution >= 4 is 23.1 Å². The van der Waals surface area contributed by atoms with Gasteiger partial charge in [0.1, 0.15) is 0 Å². The summed E-state index contributed by atoms with van der Waals surface area (Å²) in [5.74, 6) is 0. The molecule has 1 aliphatic rings. The molecule has 2 heteroatoms. The van der Waals surface area contributed by atoms with Crippen LogP contribution >= 0.6 is 0 Å². The fraction of sp³-hybridized carbons (Fsp3) is 0.0400. The molecule has 2 nitrogen and oxygen atoms in total. The molecule has 0 radical (unpaired) electrons. The van der Waals surface area contributed by atoms with Crippen LogP contribution in [0.2, 0.25) is 0 Å². The Balaban J connectivity index is 1.62. The largest absolute Gasteiger partial charge is 0.387 e. The molecule has 1 heterocycles. The molecule has 0 unspecified atom stereocenters. The minimum Gasteiger partial charge on any atom is -0.387 e. The van der Waals surface area contributed by atoms with Crippen LogP contribution in [-0.4, -0.2) is 6.54 Å². The highest BCUT2D eigenvalue weighted by Crippen LogP contribution is 2.34. The molecular weight excluding hydrogens is 328 g/mol. The summed E-state index contributed by atoms with van der Waals surface area (Å²) in [6.45, 7) is 0.887. The van der Waals surface area contributed by atoms with Crippen molar-refractivity contribution in [3.63, 3.8) is 0 Å². The number of anilines is 3. The van der Waals surface area contributed by atoms with E-state index in [9.17, 15) is 0 Å². The number of para-hydroxylation sites is 2. The Bertz CT molecular complexity index is 913. The van der Waals surface area contributed by atoms with E-state index in [-0.39, 0.29) is 0 Å². The molecule has 0 saturated heterocycles. The van der Waals surface area contributed by atoms with E-state index < -0.39 is 0 Å². The lowest BCUT2D eigenvalue weighted by Gasteiger charge is -2.25. The van der Waals surface area contributed by atoms with Crippen molar-refractivity contribution in [1.82, 2.24) is 5.32 Å². The summed E-state index contributed by atoms with van der Waals surface area (Å²) < 4.78 is 0. The average Bonchev–Trinajstić information content (AvgIpc) is 2.76. The van der Waals surface area contributed by atoms with Crippen molar-refractivity contribution in [2.75, 3.05) is 11.4 Å². The Morgan fingerprint density at radius 3 is 1.81 bits per heavy atom. The second-order valence-electron chi connectivity index (χ2n) is 6.38. The van der Waals surface area contributed by atoms with Crippen molar-refractivity contribution in [1.29, 1.82) is 0 Å². The van der Waals surface area contributed by atoms with Crippen LogP contribution in [0, 0.1) is 0 Å². The van der Waals surface area contributed by atoms with E-state index in [0.29, 0.717) is 0 Å². The Hall–Kier alpha value is -3.52. The van der Waals surface area contributed by atoms with Gasteiger partial charge in [-0.3, -0.25) is 0 Å². The van der Waals surface area contributed by atoms with Crippen molar-refractivity contribution in [3.05, 3.63) is 120 Å². The fourth-order valence-electron chi connectivity index (χ4n) is 3.12. The Morgan fingerprint density at radius 2 is 1.26 bits per heavy atom. The van der Waals surface area contributed by atoms with Gasteiger partial charge in [0.2, 0.25) is 0 Å². The molecule has 0 saturated carbocycles. The summed E-state index contributed by atoms with van der Waals surface area (Å²) in [5.41, 5.74) is 5.86. The van der Waals surface area contributed by atoms with Crippen LogP contribution in [0.25, 0.3) is 6.08 Å². The zero-order valence-corrected chi connectivity index (χ0v) is 15.1. The van der Waals surface area contributed by atoms with Crippen LogP contribution < -0.4 is 10.2 Å². The van der Waals surface area contributed by atoms with E-state index in [1.807, 2.05) is 18.3 Å². The first kappa shape index (κ1) is 16.9. The number of hydrogen-bond donors (Lipinski definition) is 1. The van der Waals surface area contributed by atoms with Gasteiger partial charge in [0.05, 0.1) is 0 Å². The summed E-state index contributed by atoms with van der Waals surface area (Å²) in [6, 6.07) is 29.6. The highest BCUT2D eigenvalue weighted by atomic mass is 15.1. The van der Waals surface area contributed by atoms with Crippen LogP contribution in [0.4, 0.5) is 17.1 Å². The highest BCUT2D eigenvalue weighted by Gasteiger charge is 2.11. The lowest BCUT2D eigenvalue weighted by atomic mass is 10.1. The molecule has 4 rings (SSSR count). The topological polar surface area (TPSA) is 15.3 Å². The second-order valence-corrected chi connectivity index (χ2v) is 6.38. The molecule has 0 aliphatic carbocycles. The SMILES string of the molecule is C1=CC(/C=C/c2ccc(N(c3ccccc3)c3ccccc3)cc2)=CCN1. The predicted octanol–water partition coefficient (Wildman–Crippen LogP) is 6.21. The number of nitrogens with zero attached hydrogens (tertiary/aromatic N) is 1. The van der Waals surface area contributed by atoms with Gasteiger partial charge in [-0.1, -0.05) is 66.8 Å². The van der Waals surface area contributed by atoms with E-state index in [0.717, 1.165) is 23.6 Å². The third-order valence-corrected chi connectivity index (χ3v) is 4.50. The van der Waals surface area contributed by atoms with Crippen LogP contribution in [0.3, 0.4) is 0 Å². The molecule has 3 aromatic carbocycles. The molecule has 1 aliphatic heterocycles. The summed E-state index contributed by atoms with van der Waals surface area (Å²) in [4.78, 5) is 2.27. The van der Waals surface area contributed by atoms with Crippen LogP contribution in [0.1, 0.15) is 5.56 Å². The Morgan fingerprint density at radius 1 is 0.667 bits per heavy atom. The number of hydrogen-bond acceptors (Lipinski definition) is 2. The van der Waals surface area contributed by atoms with E-state index in [4.69, 9.17) is 0 Å². The third-order valence-electron chi connectivity index (χ3n) is 4.50. The minimum absolute atomic E-state index is 0.887. The Kier molecular flexibility index (Phi) is 5.16. The standard InChI is InChI=1S/C25H22N2/c1-3-7-23(8-4-1)27(24-9-5-2-6-10-24)25-15-13-21(14-16-25)11-12-22-17-19-26-20-18-22/h1-19,26H,20H2/b12-11+. The van der Waals surface area contributed by atoms with Gasteiger partial charge in [0, 0.05) is 23.6 Å². The molecule has 0 bridgehead atoms.